The fourth-order valence-corrected chi connectivity index (χ4v) is 5.06. The zero-order valence-corrected chi connectivity index (χ0v) is 17.8. The van der Waals surface area contributed by atoms with Crippen molar-refractivity contribution in [3.8, 4) is 0 Å². The van der Waals surface area contributed by atoms with Gasteiger partial charge in [-0.05, 0) is 54.7 Å². The zero-order chi connectivity index (χ0) is 19.8. The third-order valence-corrected chi connectivity index (χ3v) is 6.65. The molecule has 1 aliphatic carbocycles. The van der Waals surface area contributed by atoms with Crippen molar-refractivity contribution in [1.82, 2.24) is 9.66 Å². The van der Waals surface area contributed by atoms with Gasteiger partial charge in [0.05, 0.1) is 11.6 Å². The summed E-state index contributed by atoms with van der Waals surface area (Å²) in [4.78, 5) is 20.2. The van der Waals surface area contributed by atoms with Crippen LogP contribution >= 0.6 is 27.3 Å². The van der Waals surface area contributed by atoms with Crippen molar-refractivity contribution < 1.29 is 0 Å². The van der Waals surface area contributed by atoms with Gasteiger partial charge in [-0.15, -0.1) is 11.3 Å². The van der Waals surface area contributed by atoms with Crippen LogP contribution in [0.5, 0.6) is 0 Å². The van der Waals surface area contributed by atoms with E-state index in [0.717, 1.165) is 45.4 Å². The summed E-state index contributed by atoms with van der Waals surface area (Å²) in [5.74, 6) is 0.419. The van der Waals surface area contributed by atoms with Crippen molar-refractivity contribution in [3.63, 3.8) is 0 Å². The van der Waals surface area contributed by atoms with Crippen LogP contribution in [0, 0.1) is 0 Å². The number of fused-ring (bicyclic) bond motifs is 3. The summed E-state index contributed by atoms with van der Waals surface area (Å²) in [5.41, 5.74) is 2.79. The molecule has 0 bridgehead atoms. The van der Waals surface area contributed by atoms with Crippen molar-refractivity contribution in [2.24, 2.45) is 5.10 Å². The summed E-state index contributed by atoms with van der Waals surface area (Å²) in [7, 11) is 0. The molecular weight excluding hydrogens is 448 g/mol. The number of thiophene rings is 1. The van der Waals surface area contributed by atoms with Gasteiger partial charge in [-0.1, -0.05) is 46.3 Å². The van der Waals surface area contributed by atoms with Gasteiger partial charge >= 0.3 is 0 Å². The highest BCUT2D eigenvalue weighted by Gasteiger charge is 2.23. The number of nitrogens with zero attached hydrogens (tertiary/aromatic N) is 3. The standard InChI is InChI=1S/C22H17BrN4OS/c23-15-11-9-14(10-12-15)13-24-27-21(28)19-17-7-4-8-18(17)29-20(19)26-22(27)25-16-5-2-1-3-6-16/h1-3,5-6,9-13H,4,7-8H2,(H,25,26)/b24-13+. The first kappa shape index (κ1) is 18.3. The van der Waals surface area contributed by atoms with Crippen molar-refractivity contribution >= 4 is 55.3 Å². The Hall–Kier alpha value is -2.77. The number of anilines is 2. The lowest BCUT2D eigenvalue weighted by Crippen LogP contribution is -2.21. The van der Waals surface area contributed by atoms with Gasteiger partial charge in [-0.3, -0.25) is 4.79 Å². The van der Waals surface area contributed by atoms with E-state index < -0.39 is 0 Å². The second-order valence-corrected chi connectivity index (χ2v) is 8.88. The van der Waals surface area contributed by atoms with Gasteiger partial charge in [0.25, 0.3) is 5.56 Å². The summed E-state index contributed by atoms with van der Waals surface area (Å²) >= 11 is 5.06. The molecular formula is C22H17BrN4OS. The zero-order valence-electron chi connectivity index (χ0n) is 15.4. The first-order valence-corrected chi connectivity index (χ1v) is 11.0. The van der Waals surface area contributed by atoms with E-state index in [1.807, 2.05) is 54.6 Å². The maximum absolute atomic E-state index is 13.4. The molecule has 0 fully saturated rings. The third-order valence-electron chi connectivity index (χ3n) is 4.94. The normalized spacial score (nSPS) is 13.3. The van der Waals surface area contributed by atoms with Crippen LogP contribution in [-0.4, -0.2) is 15.9 Å². The van der Waals surface area contributed by atoms with E-state index in [1.54, 1.807) is 17.6 Å². The Morgan fingerprint density at radius 1 is 1.10 bits per heavy atom. The Morgan fingerprint density at radius 3 is 2.69 bits per heavy atom. The second-order valence-electron chi connectivity index (χ2n) is 6.88. The molecule has 0 unspecified atom stereocenters. The van der Waals surface area contributed by atoms with Crippen LogP contribution in [0.2, 0.25) is 0 Å². The molecule has 0 radical (unpaired) electrons. The minimum atomic E-state index is -0.124. The monoisotopic (exact) mass is 464 g/mol. The van der Waals surface area contributed by atoms with E-state index in [1.165, 1.54) is 9.55 Å². The highest BCUT2D eigenvalue weighted by atomic mass is 79.9. The van der Waals surface area contributed by atoms with E-state index in [0.29, 0.717) is 11.3 Å². The van der Waals surface area contributed by atoms with E-state index in [9.17, 15) is 4.79 Å². The van der Waals surface area contributed by atoms with E-state index in [2.05, 4.69) is 26.3 Å². The average Bonchev–Trinajstić information content (AvgIpc) is 3.30. The average molecular weight is 465 g/mol. The van der Waals surface area contributed by atoms with Crippen LogP contribution in [0.3, 0.4) is 0 Å². The molecule has 0 atom stereocenters. The van der Waals surface area contributed by atoms with Gasteiger partial charge in [-0.25, -0.2) is 4.98 Å². The highest BCUT2D eigenvalue weighted by molar-refractivity contribution is 9.10. The number of hydrogen-bond donors (Lipinski definition) is 1. The maximum atomic E-state index is 13.4. The molecule has 5 rings (SSSR count). The molecule has 1 aliphatic rings. The number of benzene rings is 2. The predicted molar refractivity (Wildman–Crippen MR) is 123 cm³/mol. The lowest BCUT2D eigenvalue weighted by molar-refractivity contribution is 0.829. The molecule has 0 saturated heterocycles. The molecule has 4 aromatic rings. The number of hydrogen-bond acceptors (Lipinski definition) is 5. The second kappa shape index (κ2) is 7.57. The van der Waals surface area contributed by atoms with Crippen LogP contribution in [0.4, 0.5) is 11.6 Å². The minimum Gasteiger partial charge on any atom is -0.324 e. The largest absolute Gasteiger partial charge is 0.324 e. The summed E-state index contributed by atoms with van der Waals surface area (Å²) in [5, 5.41) is 8.47. The number of nitrogens with one attached hydrogen (secondary N) is 1. The molecule has 0 aliphatic heterocycles. The van der Waals surface area contributed by atoms with Crippen LogP contribution in [0.25, 0.3) is 10.2 Å². The third kappa shape index (κ3) is 3.52. The Bertz CT molecular complexity index is 1280. The summed E-state index contributed by atoms with van der Waals surface area (Å²) < 4.78 is 2.37. The van der Waals surface area contributed by atoms with Gasteiger partial charge < -0.3 is 5.32 Å². The van der Waals surface area contributed by atoms with Crippen LogP contribution in [0.1, 0.15) is 22.4 Å². The quantitative estimate of drug-likeness (QED) is 0.414. The van der Waals surface area contributed by atoms with Gasteiger partial charge in [0.1, 0.15) is 4.83 Å². The molecule has 1 N–H and O–H groups in total. The summed E-state index contributed by atoms with van der Waals surface area (Å²) in [6.07, 6.45) is 4.75. The molecule has 2 aromatic heterocycles. The van der Waals surface area contributed by atoms with E-state index in [4.69, 9.17) is 4.98 Å². The highest BCUT2D eigenvalue weighted by Crippen LogP contribution is 2.35. The fourth-order valence-electron chi connectivity index (χ4n) is 3.55. The lowest BCUT2D eigenvalue weighted by atomic mass is 10.2. The fraction of sp³-hybridized carbons (Fsp3) is 0.136. The molecule has 2 aromatic carbocycles. The molecule has 0 saturated carbocycles. The van der Waals surface area contributed by atoms with Gasteiger partial charge in [0, 0.05) is 15.0 Å². The summed E-state index contributed by atoms with van der Waals surface area (Å²) in [6, 6.07) is 17.5. The number of aryl methyl sites for hydroxylation is 2. The Balaban J connectivity index is 1.66. The van der Waals surface area contributed by atoms with Crippen molar-refractivity contribution in [2.45, 2.75) is 19.3 Å². The van der Waals surface area contributed by atoms with Gasteiger partial charge in [0.15, 0.2) is 0 Å². The van der Waals surface area contributed by atoms with E-state index in [-0.39, 0.29) is 5.56 Å². The van der Waals surface area contributed by atoms with Crippen LogP contribution in [0.15, 0.2) is 69.0 Å². The Labute approximate surface area is 179 Å². The number of halogens is 1. The molecule has 2 heterocycles. The Morgan fingerprint density at radius 2 is 1.90 bits per heavy atom. The van der Waals surface area contributed by atoms with Crippen molar-refractivity contribution in [2.75, 3.05) is 5.32 Å². The topological polar surface area (TPSA) is 59.3 Å². The van der Waals surface area contributed by atoms with Crippen molar-refractivity contribution in [1.29, 1.82) is 0 Å². The molecule has 29 heavy (non-hydrogen) atoms. The Kier molecular flexibility index (Phi) is 4.77. The van der Waals surface area contributed by atoms with E-state index >= 15 is 0 Å². The number of para-hydroxylation sites is 1. The lowest BCUT2D eigenvalue weighted by Gasteiger charge is -2.10. The molecule has 7 heteroatoms. The smallest absolute Gasteiger partial charge is 0.284 e. The molecule has 5 nitrogen and oxygen atoms in total. The number of rotatable bonds is 4. The van der Waals surface area contributed by atoms with Gasteiger partial charge in [-0.2, -0.15) is 9.78 Å². The molecule has 0 spiro atoms. The first-order chi connectivity index (χ1) is 14.2. The predicted octanol–water partition coefficient (Wildman–Crippen LogP) is 5.34. The SMILES string of the molecule is O=c1c2c3c(sc2nc(Nc2ccccc2)n1/N=C/c1ccc(Br)cc1)CCC3. The van der Waals surface area contributed by atoms with Crippen LogP contribution in [-0.2, 0) is 12.8 Å². The van der Waals surface area contributed by atoms with Crippen LogP contribution < -0.4 is 10.9 Å². The minimum absolute atomic E-state index is 0.124. The maximum Gasteiger partial charge on any atom is 0.284 e. The van der Waals surface area contributed by atoms with Gasteiger partial charge in [0.2, 0.25) is 5.95 Å². The summed E-state index contributed by atoms with van der Waals surface area (Å²) in [6.45, 7) is 0. The van der Waals surface area contributed by atoms with Crippen molar-refractivity contribution in [3.05, 3.63) is 85.4 Å². The molecule has 0 amide bonds. The first-order valence-electron chi connectivity index (χ1n) is 9.38. The molecule has 144 valence electrons. The number of aromatic nitrogens is 2.